The van der Waals surface area contributed by atoms with E-state index in [-0.39, 0.29) is 11.8 Å². The van der Waals surface area contributed by atoms with Gasteiger partial charge in [-0.05, 0) is 43.2 Å². The number of aromatic nitrogens is 4. The molecule has 0 bridgehead atoms. The predicted molar refractivity (Wildman–Crippen MR) is 113 cm³/mol. The van der Waals surface area contributed by atoms with Gasteiger partial charge in [0.05, 0.1) is 12.2 Å². The van der Waals surface area contributed by atoms with Crippen molar-refractivity contribution in [2.75, 3.05) is 19.6 Å². The van der Waals surface area contributed by atoms with Gasteiger partial charge in [0.1, 0.15) is 5.69 Å². The zero-order chi connectivity index (χ0) is 20.0. The van der Waals surface area contributed by atoms with Crippen LogP contribution in [-0.4, -0.2) is 50.2 Å². The first-order valence-electron chi connectivity index (χ1n) is 10.0. The number of nitrogens with zero attached hydrogens (tertiary/aromatic N) is 4. The van der Waals surface area contributed by atoms with E-state index in [0.717, 1.165) is 40.6 Å². The van der Waals surface area contributed by atoms with Crippen LogP contribution in [-0.2, 0) is 6.54 Å². The third-order valence-electron chi connectivity index (χ3n) is 5.75. The van der Waals surface area contributed by atoms with Crippen LogP contribution in [0.1, 0.15) is 34.1 Å². The molecule has 1 aliphatic rings. The zero-order valence-electron chi connectivity index (χ0n) is 16.4. The molecule has 0 aliphatic carbocycles. The second-order valence-corrected chi connectivity index (χ2v) is 7.78. The standard InChI is InChI=1S/C22H24N6O/c1-14-4-5-15-12-19(25-18(15)11-14)22(29)27-9-6-16(13-27)20-17-3-2-8-24-21(17)28(26-20)10-7-23/h2-5,8,11-12,16,25H,6-7,9-10,13,23H2,1H3. The molecule has 1 atom stereocenters. The highest BCUT2D eigenvalue weighted by Gasteiger charge is 2.31. The van der Waals surface area contributed by atoms with Crippen LogP contribution >= 0.6 is 0 Å². The van der Waals surface area contributed by atoms with Gasteiger partial charge < -0.3 is 15.6 Å². The van der Waals surface area contributed by atoms with Crippen molar-refractivity contribution in [3.05, 3.63) is 59.5 Å². The van der Waals surface area contributed by atoms with Crippen LogP contribution < -0.4 is 5.73 Å². The molecule has 1 aliphatic heterocycles. The van der Waals surface area contributed by atoms with Crippen molar-refractivity contribution in [2.45, 2.75) is 25.8 Å². The Morgan fingerprint density at radius 1 is 1.31 bits per heavy atom. The average molecular weight is 388 g/mol. The highest BCUT2D eigenvalue weighted by atomic mass is 16.2. The van der Waals surface area contributed by atoms with E-state index in [0.29, 0.717) is 25.3 Å². The van der Waals surface area contributed by atoms with Crippen molar-refractivity contribution in [1.82, 2.24) is 24.6 Å². The Morgan fingerprint density at radius 3 is 3.07 bits per heavy atom. The number of benzene rings is 1. The summed E-state index contributed by atoms with van der Waals surface area (Å²) in [6.45, 7) is 4.59. The zero-order valence-corrected chi connectivity index (χ0v) is 16.4. The summed E-state index contributed by atoms with van der Waals surface area (Å²) in [5, 5.41) is 6.92. The minimum atomic E-state index is 0.0465. The lowest BCUT2D eigenvalue weighted by Gasteiger charge is -2.15. The van der Waals surface area contributed by atoms with Crippen molar-refractivity contribution >= 4 is 27.8 Å². The molecule has 1 fully saturated rings. The molecule has 3 N–H and O–H groups in total. The van der Waals surface area contributed by atoms with Crippen molar-refractivity contribution in [2.24, 2.45) is 5.73 Å². The topological polar surface area (TPSA) is 92.8 Å². The van der Waals surface area contributed by atoms with E-state index in [4.69, 9.17) is 10.8 Å². The molecule has 1 amide bonds. The molecular formula is C22H24N6O. The summed E-state index contributed by atoms with van der Waals surface area (Å²) >= 11 is 0. The number of aryl methyl sites for hydroxylation is 1. The molecule has 29 heavy (non-hydrogen) atoms. The quantitative estimate of drug-likeness (QED) is 0.562. The van der Waals surface area contributed by atoms with E-state index in [1.807, 2.05) is 27.8 Å². The minimum Gasteiger partial charge on any atom is -0.351 e. The van der Waals surface area contributed by atoms with Crippen molar-refractivity contribution in [3.8, 4) is 0 Å². The van der Waals surface area contributed by atoms with Gasteiger partial charge in [-0.25, -0.2) is 9.67 Å². The van der Waals surface area contributed by atoms with Crippen LogP contribution in [0.3, 0.4) is 0 Å². The first kappa shape index (κ1) is 17.9. The fourth-order valence-corrected chi connectivity index (χ4v) is 4.31. The monoisotopic (exact) mass is 388 g/mol. The summed E-state index contributed by atoms with van der Waals surface area (Å²) < 4.78 is 1.88. The third kappa shape index (κ3) is 3.07. The smallest absolute Gasteiger partial charge is 0.270 e. The SMILES string of the molecule is Cc1ccc2cc(C(=O)N3CCC(c4nn(CCN)c5ncccc45)C3)[nH]c2c1. The van der Waals surface area contributed by atoms with Crippen molar-refractivity contribution in [1.29, 1.82) is 0 Å². The summed E-state index contributed by atoms with van der Waals surface area (Å²) in [4.78, 5) is 22.8. The summed E-state index contributed by atoms with van der Waals surface area (Å²) in [5.74, 6) is 0.251. The Kier molecular flexibility index (Phi) is 4.32. The molecule has 1 aromatic carbocycles. The van der Waals surface area contributed by atoms with Gasteiger partial charge in [0.15, 0.2) is 5.65 Å². The van der Waals surface area contributed by atoms with Crippen LogP contribution in [0, 0.1) is 6.92 Å². The van der Waals surface area contributed by atoms with Crippen LogP contribution in [0.4, 0.5) is 0 Å². The molecule has 7 nitrogen and oxygen atoms in total. The number of pyridine rings is 1. The van der Waals surface area contributed by atoms with Gasteiger partial charge in [-0.2, -0.15) is 5.10 Å². The third-order valence-corrected chi connectivity index (χ3v) is 5.75. The summed E-state index contributed by atoms with van der Waals surface area (Å²) in [7, 11) is 0. The van der Waals surface area contributed by atoms with E-state index in [9.17, 15) is 4.79 Å². The lowest BCUT2D eigenvalue weighted by Crippen LogP contribution is -2.28. The lowest BCUT2D eigenvalue weighted by molar-refractivity contribution is 0.0786. The Morgan fingerprint density at radius 2 is 2.21 bits per heavy atom. The normalized spacial score (nSPS) is 16.9. The molecule has 0 spiro atoms. The van der Waals surface area contributed by atoms with Gasteiger partial charge in [0, 0.05) is 48.0 Å². The number of carbonyl (C=O) groups is 1. The van der Waals surface area contributed by atoms with Gasteiger partial charge >= 0.3 is 0 Å². The second kappa shape index (κ2) is 7.00. The molecule has 5 rings (SSSR count). The van der Waals surface area contributed by atoms with Crippen LogP contribution in [0.5, 0.6) is 0 Å². The van der Waals surface area contributed by atoms with Crippen molar-refractivity contribution < 1.29 is 4.79 Å². The number of H-pyrrole nitrogens is 1. The molecule has 1 unspecified atom stereocenters. The Balaban J connectivity index is 1.41. The van der Waals surface area contributed by atoms with Gasteiger partial charge in [-0.3, -0.25) is 4.79 Å². The largest absolute Gasteiger partial charge is 0.351 e. The van der Waals surface area contributed by atoms with E-state index in [1.54, 1.807) is 6.20 Å². The Bertz CT molecular complexity index is 1210. The molecule has 0 saturated carbocycles. The molecule has 4 heterocycles. The number of carbonyl (C=O) groups excluding carboxylic acids is 1. The summed E-state index contributed by atoms with van der Waals surface area (Å²) in [6, 6.07) is 12.1. The molecule has 4 aromatic rings. The minimum absolute atomic E-state index is 0.0465. The molecule has 7 heteroatoms. The number of rotatable bonds is 4. The number of nitrogens with one attached hydrogen (secondary N) is 1. The van der Waals surface area contributed by atoms with E-state index >= 15 is 0 Å². The number of hydrogen-bond donors (Lipinski definition) is 2. The number of likely N-dealkylation sites (tertiary alicyclic amines) is 1. The number of fused-ring (bicyclic) bond motifs is 2. The molecule has 148 valence electrons. The first-order valence-corrected chi connectivity index (χ1v) is 10.0. The Hall–Kier alpha value is -3.19. The first-order chi connectivity index (χ1) is 14.1. The number of nitrogens with two attached hydrogens (primary N) is 1. The summed E-state index contributed by atoms with van der Waals surface area (Å²) in [5.41, 5.74) is 10.4. The van der Waals surface area contributed by atoms with Gasteiger partial charge in [0.2, 0.25) is 0 Å². The highest BCUT2D eigenvalue weighted by molar-refractivity contribution is 5.98. The Labute approximate surface area is 168 Å². The lowest BCUT2D eigenvalue weighted by atomic mass is 10.0. The molecular weight excluding hydrogens is 364 g/mol. The number of aromatic amines is 1. The molecule has 1 saturated heterocycles. The fourth-order valence-electron chi connectivity index (χ4n) is 4.31. The van der Waals surface area contributed by atoms with E-state index in [1.165, 1.54) is 5.56 Å². The maximum absolute atomic E-state index is 13.1. The number of hydrogen-bond acceptors (Lipinski definition) is 4. The highest BCUT2D eigenvalue weighted by Crippen LogP contribution is 2.32. The number of amides is 1. The molecule has 3 aromatic heterocycles. The van der Waals surface area contributed by atoms with Crippen molar-refractivity contribution in [3.63, 3.8) is 0 Å². The summed E-state index contributed by atoms with van der Waals surface area (Å²) in [6.07, 6.45) is 2.68. The van der Waals surface area contributed by atoms with Gasteiger partial charge in [-0.15, -0.1) is 0 Å². The maximum atomic E-state index is 13.1. The van der Waals surface area contributed by atoms with E-state index < -0.39 is 0 Å². The second-order valence-electron chi connectivity index (χ2n) is 7.78. The average Bonchev–Trinajstić information content (AvgIpc) is 3.44. The van der Waals surface area contributed by atoms with Gasteiger partial charge in [0.25, 0.3) is 5.91 Å². The maximum Gasteiger partial charge on any atom is 0.270 e. The van der Waals surface area contributed by atoms with Gasteiger partial charge in [-0.1, -0.05) is 12.1 Å². The predicted octanol–water partition coefficient (Wildman–Crippen LogP) is 2.81. The fraction of sp³-hybridized carbons (Fsp3) is 0.318. The van der Waals surface area contributed by atoms with Crippen LogP contribution in [0.25, 0.3) is 21.9 Å². The molecule has 0 radical (unpaired) electrons. The van der Waals surface area contributed by atoms with Crippen LogP contribution in [0.2, 0.25) is 0 Å². The van der Waals surface area contributed by atoms with Crippen LogP contribution in [0.15, 0.2) is 42.6 Å². The van der Waals surface area contributed by atoms with E-state index in [2.05, 4.69) is 35.1 Å².